The summed E-state index contributed by atoms with van der Waals surface area (Å²) in [5.41, 5.74) is 1.22. The molecule has 33 heavy (non-hydrogen) atoms. The first-order valence-corrected chi connectivity index (χ1v) is 10.6. The molecule has 0 saturated carbocycles. The van der Waals surface area contributed by atoms with Gasteiger partial charge < -0.3 is 15.3 Å². The van der Waals surface area contributed by atoms with E-state index in [1.807, 2.05) is 4.90 Å². The molecular weight excluding hydrogens is 430 g/mol. The van der Waals surface area contributed by atoms with E-state index in [4.69, 9.17) is 0 Å². The first-order valence-electron chi connectivity index (χ1n) is 10.6. The Morgan fingerprint density at radius 1 is 0.667 bits per heavy atom. The van der Waals surface area contributed by atoms with Crippen molar-refractivity contribution in [3.05, 3.63) is 59.2 Å². The van der Waals surface area contributed by atoms with Crippen LogP contribution in [0, 0.1) is 0 Å². The minimum absolute atomic E-state index is 0.0183. The number of carboxylic acids is 3. The van der Waals surface area contributed by atoms with Crippen LogP contribution >= 0.6 is 0 Å². The van der Waals surface area contributed by atoms with Crippen LogP contribution in [-0.4, -0.2) is 104 Å². The van der Waals surface area contributed by atoms with Crippen molar-refractivity contribution in [2.45, 2.75) is 13.1 Å². The molecule has 1 aliphatic heterocycles. The average molecular weight is 457 g/mol. The SMILES string of the molecule is O=C(O)CN1CCN(Cc2cccc(C(=O)O)n2)CCN(Cc2cccc(C(=O)O)n2)CC1. The number of carbonyl (C=O) groups is 3. The molecule has 1 saturated heterocycles. The Hall–Kier alpha value is -3.41. The molecule has 3 heterocycles. The minimum Gasteiger partial charge on any atom is -0.480 e. The van der Waals surface area contributed by atoms with Crippen LogP contribution in [-0.2, 0) is 17.9 Å². The number of aromatic nitrogens is 2. The monoisotopic (exact) mass is 457 g/mol. The Labute approximate surface area is 190 Å². The van der Waals surface area contributed by atoms with Gasteiger partial charge in [0.1, 0.15) is 11.4 Å². The van der Waals surface area contributed by atoms with E-state index in [2.05, 4.69) is 19.8 Å². The highest BCUT2D eigenvalue weighted by atomic mass is 16.4. The van der Waals surface area contributed by atoms with E-state index in [9.17, 15) is 29.7 Å². The van der Waals surface area contributed by atoms with E-state index < -0.39 is 17.9 Å². The van der Waals surface area contributed by atoms with Gasteiger partial charge in [-0.3, -0.25) is 19.5 Å². The molecule has 0 radical (unpaired) electrons. The maximum absolute atomic E-state index is 11.3. The van der Waals surface area contributed by atoms with Crippen LogP contribution in [0.4, 0.5) is 0 Å². The summed E-state index contributed by atoms with van der Waals surface area (Å²) in [6, 6.07) is 9.75. The van der Waals surface area contributed by atoms with Gasteiger partial charge in [-0.05, 0) is 24.3 Å². The van der Waals surface area contributed by atoms with Crippen LogP contribution < -0.4 is 0 Å². The number of hydrogen-bond donors (Lipinski definition) is 3. The van der Waals surface area contributed by atoms with Gasteiger partial charge in [0.2, 0.25) is 0 Å². The molecule has 11 heteroatoms. The molecule has 3 N–H and O–H groups in total. The van der Waals surface area contributed by atoms with Crippen molar-refractivity contribution in [2.75, 3.05) is 45.8 Å². The molecule has 3 rings (SSSR count). The van der Waals surface area contributed by atoms with Crippen molar-refractivity contribution in [1.82, 2.24) is 24.7 Å². The van der Waals surface area contributed by atoms with Gasteiger partial charge in [0.25, 0.3) is 0 Å². The summed E-state index contributed by atoms with van der Waals surface area (Å²) in [6.45, 7) is 4.39. The Morgan fingerprint density at radius 3 is 1.42 bits per heavy atom. The number of carboxylic acid groups (broad SMARTS) is 3. The van der Waals surface area contributed by atoms with Crippen molar-refractivity contribution < 1.29 is 29.7 Å². The second kappa shape index (κ2) is 11.5. The van der Waals surface area contributed by atoms with E-state index in [1.165, 1.54) is 12.1 Å². The molecule has 0 unspecified atom stereocenters. The zero-order valence-electron chi connectivity index (χ0n) is 18.1. The summed E-state index contributed by atoms with van der Waals surface area (Å²) < 4.78 is 0. The smallest absolute Gasteiger partial charge is 0.354 e. The number of rotatable bonds is 8. The number of hydrogen-bond acceptors (Lipinski definition) is 8. The van der Waals surface area contributed by atoms with Crippen molar-refractivity contribution in [3.8, 4) is 0 Å². The summed E-state index contributed by atoms with van der Waals surface area (Å²) in [5, 5.41) is 27.7. The Kier molecular flexibility index (Phi) is 8.41. The first kappa shape index (κ1) is 24.2. The lowest BCUT2D eigenvalue weighted by molar-refractivity contribution is -0.138. The molecular formula is C22H27N5O6. The molecule has 1 aliphatic rings. The van der Waals surface area contributed by atoms with E-state index >= 15 is 0 Å². The predicted octanol–water partition coefficient (Wildman–Crippen LogP) is 0.577. The van der Waals surface area contributed by atoms with Crippen LogP contribution in [0.5, 0.6) is 0 Å². The molecule has 0 atom stereocenters. The fourth-order valence-electron chi connectivity index (χ4n) is 3.68. The van der Waals surface area contributed by atoms with E-state index in [0.717, 1.165) is 0 Å². The molecule has 0 amide bonds. The second-order valence-corrected chi connectivity index (χ2v) is 7.86. The highest BCUT2D eigenvalue weighted by molar-refractivity contribution is 5.85. The summed E-state index contributed by atoms with van der Waals surface area (Å²) in [6.07, 6.45) is 0. The third-order valence-electron chi connectivity index (χ3n) is 5.38. The normalized spacial score (nSPS) is 16.5. The van der Waals surface area contributed by atoms with Gasteiger partial charge in [-0.2, -0.15) is 0 Å². The largest absolute Gasteiger partial charge is 0.480 e. The van der Waals surface area contributed by atoms with Crippen LogP contribution in [0.2, 0.25) is 0 Å². The lowest BCUT2D eigenvalue weighted by Gasteiger charge is -2.25. The molecule has 2 aromatic heterocycles. The van der Waals surface area contributed by atoms with Gasteiger partial charge in [0.05, 0.1) is 17.9 Å². The molecule has 0 spiro atoms. The molecule has 1 fully saturated rings. The Balaban J connectivity index is 1.74. The fourth-order valence-corrected chi connectivity index (χ4v) is 3.68. The van der Waals surface area contributed by atoms with Crippen molar-refractivity contribution in [2.24, 2.45) is 0 Å². The van der Waals surface area contributed by atoms with Gasteiger partial charge in [-0.15, -0.1) is 0 Å². The predicted molar refractivity (Wildman–Crippen MR) is 117 cm³/mol. The van der Waals surface area contributed by atoms with Crippen LogP contribution in [0.1, 0.15) is 32.4 Å². The summed E-state index contributed by atoms with van der Waals surface area (Å²) in [7, 11) is 0. The maximum Gasteiger partial charge on any atom is 0.354 e. The lowest BCUT2D eigenvalue weighted by atomic mass is 10.2. The molecule has 11 nitrogen and oxygen atoms in total. The number of pyridine rings is 2. The van der Waals surface area contributed by atoms with E-state index in [1.54, 1.807) is 24.3 Å². The van der Waals surface area contributed by atoms with Gasteiger partial charge in [0, 0.05) is 52.4 Å². The van der Waals surface area contributed by atoms with E-state index in [0.29, 0.717) is 63.7 Å². The molecule has 176 valence electrons. The number of nitrogens with zero attached hydrogens (tertiary/aromatic N) is 5. The van der Waals surface area contributed by atoms with Gasteiger partial charge >= 0.3 is 17.9 Å². The molecule has 0 aliphatic carbocycles. The summed E-state index contributed by atoms with van der Waals surface area (Å²) in [5.74, 6) is -3.08. The summed E-state index contributed by atoms with van der Waals surface area (Å²) >= 11 is 0. The quantitative estimate of drug-likeness (QED) is 0.511. The molecule has 0 bridgehead atoms. The van der Waals surface area contributed by atoms with E-state index in [-0.39, 0.29) is 17.9 Å². The molecule has 0 aromatic carbocycles. The van der Waals surface area contributed by atoms with Crippen molar-refractivity contribution in [1.29, 1.82) is 0 Å². The van der Waals surface area contributed by atoms with Crippen molar-refractivity contribution >= 4 is 17.9 Å². The Morgan fingerprint density at radius 2 is 1.06 bits per heavy atom. The lowest BCUT2D eigenvalue weighted by Crippen LogP contribution is -2.39. The van der Waals surface area contributed by atoms with Crippen LogP contribution in [0.25, 0.3) is 0 Å². The van der Waals surface area contributed by atoms with Gasteiger partial charge in [-0.25, -0.2) is 19.6 Å². The third kappa shape index (κ3) is 7.59. The first-order chi connectivity index (χ1) is 15.8. The van der Waals surface area contributed by atoms with Crippen molar-refractivity contribution in [3.63, 3.8) is 0 Å². The Bertz CT molecular complexity index is 929. The number of aliphatic carboxylic acids is 1. The zero-order valence-corrected chi connectivity index (χ0v) is 18.1. The fraction of sp³-hybridized carbons (Fsp3) is 0.409. The highest BCUT2D eigenvalue weighted by Crippen LogP contribution is 2.10. The van der Waals surface area contributed by atoms with Crippen LogP contribution in [0.15, 0.2) is 36.4 Å². The zero-order chi connectivity index (χ0) is 23.8. The molecule has 2 aromatic rings. The van der Waals surface area contributed by atoms with Gasteiger partial charge in [-0.1, -0.05) is 12.1 Å². The highest BCUT2D eigenvalue weighted by Gasteiger charge is 2.19. The maximum atomic E-state index is 11.3. The minimum atomic E-state index is -1.09. The third-order valence-corrected chi connectivity index (χ3v) is 5.38. The average Bonchev–Trinajstić information content (AvgIpc) is 2.86. The van der Waals surface area contributed by atoms with Crippen LogP contribution in [0.3, 0.4) is 0 Å². The number of aromatic carboxylic acids is 2. The summed E-state index contributed by atoms with van der Waals surface area (Å²) in [4.78, 5) is 48.2. The standard InChI is InChI=1S/C22H27N5O6/c28-20(29)15-27-11-9-25(13-16-3-1-5-18(23-16)21(30)31)7-8-26(10-12-27)14-17-4-2-6-19(24-17)22(32)33/h1-6H,7-15H2,(H,28,29)(H,30,31)(H,32,33). The topological polar surface area (TPSA) is 147 Å². The second-order valence-electron chi connectivity index (χ2n) is 7.86. The van der Waals surface area contributed by atoms with Gasteiger partial charge in [0.15, 0.2) is 0 Å².